The van der Waals surface area contributed by atoms with E-state index < -0.39 is 5.41 Å². The zero-order valence-electron chi connectivity index (χ0n) is 24.0. The normalized spacial score (nSPS) is 12.2. The molecule has 0 spiro atoms. The Kier molecular flexibility index (Phi) is 13.2. The average Bonchev–Trinajstić information content (AvgIpc) is 3.29. The van der Waals surface area contributed by atoms with Gasteiger partial charge in [-0.1, -0.05) is 113 Å². The van der Waals surface area contributed by atoms with E-state index in [4.69, 9.17) is 0 Å². The van der Waals surface area contributed by atoms with Gasteiger partial charge in [0.25, 0.3) is 0 Å². The second-order valence-electron chi connectivity index (χ2n) is 10.7. The van der Waals surface area contributed by atoms with E-state index in [0.29, 0.717) is 0 Å². The predicted molar refractivity (Wildman–Crippen MR) is 153 cm³/mol. The molecule has 0 saturated carbocycles. The smallest absolute Gasteiger partial charge is 1.00 e. The third-order valence-corrected chi connectivity index (χ3v) is 7.30. The molecule has 40 heavy (non-hydrogen) atoms. The number of aryl methyl sites for hydroxylation is 6. The van der Waals surface area contributed by atoms with E-state index >= 15 is 0 Å². The molecule has 0 heterocycles. The summed E-state index contributed by atoms with van der Waals surface area (Å²) in [6.07, 6.45) is 7.16. The Balaban J connectivity index is 0.00000200. The maximum Gasteiger partial charge on any atom is 4.00 e. The van der Waals surface area contributed by atoms with Crippen LogP contribution in [-0.2, 0) is 27.1 Å². The Bertz CT molecular complexity index is 1330. The summed E-state index contributed by atoms with van der Waals surface area (Å²) in [7, 11) is 0. The van der Waals surface area contributed by atoms with Crippen LogP contribution >= 0.6 is 0 Å². The molecule has 0 nitrogen and oxygen atoms in total. The molecule has 5 rings (SSSR count). The minimum absolute atomic E-state index is 0. The van der Waals surface area contributed by atoms with Crippen LogP contribution in [0.2, 0.25) is 0 Å². The Morgan fingerprint density at radius 2 is 0.875 bits per heavy atom. The van der Waals surface area contributed by atoms with Crippen molar-refractivity contribution in [2.24, 2.45) is 0 Å². The second-order valence-corrected chi connectivity index (χ2v) is 10.7. The van der Waals surface area contributed by atoms with Gasteiger partial charge in [0.05, 0.1) is 5.41 Å². The number of hydrogen-bond acceptors (Lipinski definition) is 0. The summed E-state index contributed by atoms with van der Waals surface area (Å²) in [5.74, 6) is 0. The van der Waals surface area contributed by atoms with E-state index in [1.54, 1.807) is 0 Å². The minimum atomic E-state index is -0.433. The summed E-state index contributed by atoms with van der Waals surface area (Å²) in [5.41, 5.74) is 15.0. The Morgan fingerprint density at radius 3 is 1.23 bits per heavy atom. The average molecular weight is 622 g/mol. The molecule has 0 unspecified atom stereocenters. The first-order valence-electron chi connectivity index (χ1n) is 12.9. The van der Waals surface area contributed by atoms with Crippen molar-refractivity contribution < 1.29 is 58.9 Å². The molecule has 0 aromatic heterocycles. The van der Waals surface area contributed by atoms with Crippen molar-refractivity contribution in [3.05, 3.63) is 158 Å². The summed E-state index contributed by atoms with van der Waals surface area (Å²) >= 11 is 0. The van der Waals surface area contributed by atoms with Crippen molar-refractivity contribution in [2.75, 3.05) is 0 Å². The van der Waals surface area contributed by atoms with E-state index in [0.717, 1.165) is 6.42 Å². The van der Waals surface area contributed by atoms with E-state index in [9.17, 15) is 0 Å². The first kappa shape index (κ1) is 36.0. The van der Waals surface area contributed by atoms with Crippen LogP contribution in [0.5, 0.6) is 0 Å². The van der Waals surface area contributed by atoms with Crippen LogP contribution in [0.25, 0.3) is 5.57 Å². The molecule has 0 fully saturated rings. The fourth-order valence-corrected chi connectivity index (χ4v) is 6.12. The molecule has 204 valence electrons. The summed E-state index contributed by atoms with van der Waals surface area (Å²) in [4.78, 5) is 0. The maximum atomic E-state index is 3.94. The third-order valence-electron chi connectivity index (χ3n) is 7.30. The number of rotatable bonds is 5. The molecule has 1 aliphatic rings. The second kappa shape index (κ2) is 14.7. The van der Waals surface area contributed by atoms with Gasteiger partial charge >= 0.3 is 21.7 Å². The van der Waals surface area contributed by atoms with Gasteiger partial charge in [-0.05, 0) is 58.2 Å². The summed E-state index contributed by atoms with van der Waals surface area (Å²) in [6.45, 7) is 13.3. The van der Waals surface area contributed by atoms with Crippen LogP contribution in [0, 0.1) is 47.6 Å². The molecule has 0 radical (unpaired) electrons. The largest absolute Gasteiger partial charge is 4.00 e. The van der Waals surface area contributed by atoms with E-state index in [-0.39, 0.29) is 58.9 Å². The Morgan fingerprint density at radius 1 is 0.525 bits per heavy atom. The van der Waals surface area contributed by atoms with Crippen LogP contribution in [0.4, 0.5) is 0 Å². The zero-order chi connectivity index (χ0) is 25.4. The van der Waals surface area contributed by atoms with Crippen LogP contribution in [0.15, 0.2) is 96.6 Å². The molecule has 1 aliphatic carbocycles. The molecule has 0 amide bonds. The molecule has 0 atom stereocenters. The predicted octanol–water partition coefficient (Wildman–Crippen LogP) is 0.0979. The summed E-state index contributed by atoms with van der Waals surface area (Å²) in [6, 6.07) is 31.8. The first-order valence-corrected chi connectivity index (χ1v) is 12.9. The van der Waals surface area contributed by atoms with E-state index in [2.05, 4.69) is 139 Å². The summed E-state index contributed by atoms with van der Waals surface area (Å²) in [5, 5.41) is 0. The van der Waals surface area contributed by atoms with Crippen molar-refractivity contribution in [3.63, 3.8) is 0 Å². The number of halogens is 3. The van der Waals surface area contributed by atoms with Crippen molar-refractivity contribution in [1.82, 2.24) is 0 Å². The van der Waals surface area contributed by atoms with Gasteiger partial charge in [0, 0.05) is 0 Å². The third kappa shape index (κ3) is 7.04. The molecule has 0 bridgehead atoms. The quantitative estimate of drug-likeness (QED) is 0.169. The van der Waals surface area contributed by atoms with Gasteiger partial charge in [0.2, 0.25) is 0 Å². The number of benzene rings is 4. The standard InChI is InChI=1S/C36H35.3ClH.Ti/c1-24-14-25(2)18-33(17-24)36(34-19-26(3)15-27(4)20-34,35-21-28(5)16-29(6)22-35)32-13-12-31(23-32)30-10-8-7-9-11-30;;;;/h7-12,14-22H,13H2,1-6H3;3*1H;/q-1;;;;+4/p-3. The topological polar surface area (TPSA) is 0 Å². The maximum absolute atomic E-state index is 3.94. The van der Waals surface area contributed by atoms with Gasteiger partial charge in [0.1, 0.15) is 0 Å². The zero-order valence-corrected chi connectivity index (χ0v) is 27.8. The van der Waals surface area contributed by atoms with Crippen LogP contribution < -0.4 is 37.2 Å². The Labute approximate surface area is 274 Å². The van der Waals surface area contributed by atoms with E-state index in [1.165, 1.54) is 66.8 Å². The van der Waals surface area contributed by atoms with Gasteiger partial charge in [-0.3, -0.25) is 0 Å². The van der Waals surface area contributed by atoms with Crippen molar-refractivity contribution >= 4 is 5.57 Å². The molecule has 0 saturated heterocycles. The van der Waals surface area contributed by atoms with Gasteiger partial charge in [-0.15, -0.1) is 23.3 Å². The van der Waals surface area contributed by atoms with Crippen molar-refractivity contribution in [1.29, 1.82) is 0 Å². The van der Waals surface area contributed by atoms with Crippen molar-refractivity contribution in [2.45, 2.75) is 53.4 Å². The van der Waals surface area contributed by atoms with Gasteiger partial charge in [0.15, 0.2) is 0 Å². The van der Waals surface area contributed by atoms with Crippen LogP contribution in [0.3, 0.4) is 0 Å². The Hall–Kier alpha value is -2.06. The monoisotopic (exact) mass is 620 g/mol. The first-order chi connectivity index (χ1) is 17.3. The van der Waals surface area contributed by atoms with Crippen LogP contribution in [0.1, 0.15) is 62.1 Å². The van der Waals surface area contributed by atoms with Gasteiger partial charge in [-0.2, -0.15) is 17.7 Å². The minimum Gasteiger partial charge on any atom is -1.00 e. The molecule has 0 aliphatic heterocycles. The molecular formula is C36H35Cl3Ti. The molecule has 4 heteroatoms. The fraction of sp³-hybridized carbons (Fsp3) is 0.222. The fourth-order valence-electron chi connectivity index (χ4n) is 6.12. The van der Waals surface area contributed by atoms with Crippen molar-refractivity contribution in [3.8, 4) is 0 Å². The molecule has 4 aromatic rings. The number of hydrogen-bond donors (Lipinski definition) is 0. The molecule has 0 N–H and O–H groups in total. The molecular weight excluding hydrogens is 587 g/mol. The molecule has 4 aromatic carbocycles. The van der Waals surface area contributed by atoms with Gasteiger partial charge < -0.3 is 37.2 Å². The van der Waals surface area contributed by atoms with E-state index in [1.807, 2.05) is 0 Å². The SMILES string of the molecule is Cc1cc(C)cc(C(C2=[C-]C(c3ccccc3)=CC2)(c2cc(C)cc(C)c2)c2cc(C)cc(C)c2)c1.[Cl-].[Cl-].[Cl-].[Ti+4]. The number of allylic oxidation sites excluding steroid dienone is 4. The van der Waals surface area contributed by atoms with Gasteiger partial charge in [-0.25, -0.2) is 0 Å². The van der Waals surface area contributed by atoms with Crippen LogP contribution in [-0.4, -0.2) is 0 Å². The summed E-state index contributed by atoms with van der Waals surface area (Å²) < 4.78 is 0.